The van der Waals surface area contributed by atoms with E-state index in [0.29, 0.717) is 12.6 Å². The van der Waals surface area contributed by atoms with Crippen LogP contribution in [0.5, 0.6) is 0 Å². The zero-order valence-electron chi connectivity index (χ0n) is 21.3. The first kappa shape index (κ1) is 25.0. The second-order valence-electron chi connectivity index (χ2n) is 11.1. The minimum absolute atomic E-state index is 0.111. The lowest BCUT2D eigenvalue weighted by Gasteiger charge is -2.44. The molecule has 2 aliphatic heterocycles. The summed E-state index contributed by atoms with van der Waals surface area (Å²) in [6, 6.07) is 17.9. The number of carbonyl (C=O) groups is 1. The summed E-state index contributed by atoms with van der Waals surface area (Å²) in [7, 11) is 4.35. The van der Waals surface area contributed by atoms with Gasteiger partial charge in [0.05, 0.1) is 6.04 Å². The Hall–Kier alpha value is -2.08. The maximum atomic E-state index is 13.1. The van der Waals surface area contributed by atoms with E-state index >= 15 is 0 Å². The molecule has 0 bridgehead atoms. The molecule has 2 heterocycles. The molecule has 184 valence electrons. The normalized spacial score (nSPS) is 22.0. The summed E-state index contributed by atoms with van der Waals surface area (Å²) in [4.78, 5) is 22.4. The van der Waals surface area contributed by atoms with E-state index in [2.05, 4.69) is 65.2 Å². The number of hydrogen-bond donors (Lipinski definition) is 0. The van der Waals surface area contributed by atoms with Gasteiger partial charge < -0.3 is 14.7 Å². The average molecular weight is 483 g/mol. The van der Waals surface area contributed by atoms with Crippen LogP contribution < -0.4 is 4.90 Å². The van der Waals surface area contributed by atoms with Gasteiger partial charge in [0, 0.05) is 61.4 Å². The first-order chi connectivity index (χ1) is 16.1. The van der Waals surface area contributed by atoms with E-state index < -0.39 is 0 Å². The van der Waals surface area contributed by atoms with Gasteiger partial charge in [0.1, 0.15) is 0 Å². The van der Waals surface area contributed by atoms with Crippen molar-refractivity contribution in [1.29, 1.82) is 0 Å². The molecule has 0 saturated carbocycles. The largest absolute Gasteiger partial charge is 0.361 e. The molecular weight excluding hydrogens is 444 g/mol. The van der Waals surface area contributed by atoms with Crippen LogP contribution in [0.3, 0.4) is 0 Å². The Morgan fingerprint density at radius 3 is 2.24 bits per heavy atom. The lowest BCUT2D eigenvalue weighted by atomic mass is 9.92. The highest BCUT2D eigenvalue weighted by Gasteiger charge is 2.35. The number of carbonyl (C=O) groups excluding carboxylic acids is 1. The van der Waals surface area contributed by atoms with Gasteiger partial charge in [-0.05, 0) is 55.9 Å². The van der Waals surface area contributed by atoms with Crippen LogP contribution in [-0.2, 0) is 11.3 Å². The fraction of sp³-hybridized carbons (Fsp3) is 0.536. The average Bonchev–Trinajstić information content (AvgIpc) is 3.28. The summed E-state index contributed by atoms with van der Waals surface area (Å²) in [5.74, 6) is 0.217. The molecule has 2 aromatic carbocycles. The highest BCUT2D eigenvalue weighted by atomic mass is 35.5. The third-order valence-corrected chi connectivity index (χ3v) is 7.47. The second-order valence-corrected chi connectivity index (χ2v) is 11.5. The highest BCUT2D eigenvalue weighted by Crippen LogP contribution is 2.33. The van der Waals surface area contributed by atoms with Crippen LogP contribution in [0.4, 0.5) is 5.69 Å². The van der Waals surface area contributed by atoms with E-state index in [-0.39, 0.29) is 17.4 Å². The lowest BCUT2D eigenvalue weighted by molar-refractivity contribution is -0.140. The van der Waals surface area contributed by atoms with Gasteiger partial charge >= 0.3 is 0 Å². The van der Waals surface area contributed by atoms with Gasteiger partial charge in [0.15, 0.2) is 0 Å². The number of likely N-dealkylation sites (tertiary alicyclic amines) is 1. The Morgan fingerprint density at radius 2 is 1.65 bits per heavy atom. The molecule has 2 saturated heterocycles. The summed E-state index contributed by atoms with van der Waals surface area (Å²) in [6.45, 7) is 11.5. The van der Waals surface area contributed by atoms with E-state index in [0.717, 1.165) is 43.4 Å². The Kier molecular flexibility index (Phi) is 7.56. The summed E-state index contributed by atoms with van der Waals surface area (Å²) < 4.78 is 0. The summed E-state index contributed by atoms with van der Waals surface area (Å²) in [5, 5.41) is 0.740. The van der Waals surface area contributed by atoms with Crippen molar-refractivity contribution >= 4 is 23.2 Å². The van der Waals surface area contributed by atoms with Crippen molar-refractivity contribution in [2.24, 2.45) is 5.41 Å². The molecule has 0 N–H and O–H groups in total. The maximum absolute atomic E-state index is 13.1. The number of piperazine rings is 1. The zero-order chi connectivity index (χ0) is 24.5. The van der Waals surface area contributed by atoms with Crippen LogP contribution in [0.25, 0.3) is 0 Å². The fourth-order valence-corrected chi connectivity index (χ4v) is 5.28. The van der Waals surface area contributed by atoms with Crippen molar-refractivity contribution in [3.05, 3.63) is 64.7 Å². The number of rotatable bonds is 5. The number of amides is 1. The molecule has 2 fully saturated rings. The molecule has 0 aliphatic carbocycles. The minimum atomic E-state index is -0.378. The third-order valence-electron chi connectivity index (χ3n) is 7.22. The zero-order valence-corrected chi connectivity index (χ0v) is 22.1. The molecule has 5 nitrogen and oxygen atoms in total. The van der Waals surface area contributed by atoms with E-state index in [1.165, 1.54) is 17.5 Å². The molecule has 4 rings (SSSR count). The predicted molar refractivity (Wildman–Crippen MR) is 141 cm³/mol. The van der Waals surface area contributed by atoms with Gasteiger partial charge in [0.25, 0.3) is 0 Å². The van der Waals surface area contributed by atoms with Crippen molar-refractivity contribution in [2.75, 3.05) is 51.7 Å². The molecule has 0 aromatic heterocycles. The number of anilines is 1. The Morgan fingerprint density at radius 1 is 0.971 bits per heavy atom. The second kappa shape index (κ2) is 10.3. The van der Waals surface area contributed by atoms with Crippen molar-refractivity contribution in [3.8, 4) is 0 Å². The Balaban J connectivity index is 1.53. The van der Waals surface area contributed by atoms with Crippen molar-refractivity contribution in [1.82, 2.24) is 14.7 Å². The predicted octanol–water partition coefficient (Wildman–Crippen LogP) is 4.91. The maximum Gasteiger partial charge on any atom is 0.228 e. The Bertz CT molecular complexity index is 967. The number of nitrogens with zero attached hydrogens (tertiary/aromatic N) is 4. The first-order valence-electron chi connectivity index (χ1n) is 12.4. The van der Waals surface area contributed by atoms with Crippen molar-refractivity contribution in [2.45, 2.75) is 45.8 Å². The van der Waals surface area contributed by atoms with Crippen LogP contribution >= 0.6 is 11.6 Å². The molecule has 34 heavy (non-hydrogen) atoms. The molecule has 0 radical (unpaired) electrons. The van der Waals surface area contributed by atoms with Gasteiger partial charge in [-0.25, -0.2) is 0 Å². The molecule has 0 unspecified atom stereocenters. The molecule has 2 aromatic rings. The number of benzene rings is 2. The Labute approximate surface area is 210 Å². The van der Waals surface area contributed by atoms with E-state index in [9.17, 15) is 4.79 Å². The third kappa shape index (κ3) is 5.76. The van der Waals surface area contributed by atoms with Crippen molar-refractivity contribution in [3.63, 3.8) is 0 Å². The van der Waals surface area contributed by atoms with Crippen LogP contribution in [0.2, 0.25) is 5.02 Å². The molecule has 6 heteroatoms. The fourth-order valence-electron chi connectivity index (χ4n) is 5.15. The van der Waals surface area contributed by atoms with Crippen LogP contribution in [0.15, 0.2) is 48.5 Å². The molecule has 0 spiro atoms. The van der Waals surface area contributed by atoms with Crippen LogP contribution in [0, 0.1) is 5.41 Å². The summed E-state index contributed by atoms with van der Waals surface area (Å²) in [5.41, 5.74) is 3.36. The van der Waals surface area contributed by atoms with Gasteiger partial charge in [-0.3, -0.25) is 9.69 Å². The molecule has 2 atom stereocenters. The number of halogens is 1. The number of hydrogen-bond acceptors (Lipinski definition) is 4. The highest BCUT2D eigenvalue weighted by molar-refractivity contribution is 6.30. The minimum Gasteiger partial charge on any atom is -0.361 e. The van der Waals surface area contributed by atoms with Gasteiger partial charge in [-0.2, -0.15) is 0 Å². The molecule has 2 aliphatic rings. The SMILES string of the molecule is CN(C)[C@@H]1CCN(Cc2ccc([C@@H]3CN(C(=O)C(C)(C)C)CCN3c3ccc(Cl)cc3)cc2)C1. The monoisotopic (exact) mass is 482 g/mol. The molecular formula is C28H39ClN4O. The van der Waals surface area contributed by atoms with Crippen molar-refractivity contribution < 1.29 is 4.79 Å². The van der Waals surface area contributed by atoms with Gasteiger partial charge in [0.2, 0.25) is 5.91 Å². The van der Waals surface area contributed by atoms with E-state index in [1.807, 2.05) is 37.8 Å². The summed E-state index contributed by atoms with van der Waals surface area (Å²) in [6.07, 6.45) is 1.24. The first-order valence-corrected chi connectivity index (χ1v) is 12.8. The van der Waals surface area contributed by atoms with E-state index in [1.54, 1.807) is 0 Å². The van der Waals surface area contributed by atoms with Crippen LogP contribution in [-0.4, -0.2) is 73.5 Å². The summed E-state index contributed by atoms with van der Waals surface area (Å²) >= 11 is 6.15. The quantitative estimate of drug-likeness (QED) is 0.605. The van der Waals surface area contributed by atoms with Crippen LogP contribution in [0.1, 0.15) is 44.4 Å². The van der Waals surface area contributed by atoms with Gasteiger partial charge in [-0.15, -0.1) is 0 Å². The molecule has 1 amide bonds. The van der Waals surface area contributed by atoms with Gasteiger partial charge in [-0.1, -0.05) is 56.6 Å². The number of likely N-dealkylation sites (N-methyl/N-ethyl adjacent to an activating group) is 1. The standard InChI is InChI=1S/C28H39ClN4O/c1-28(2,3)27(34)32-16-17-33(24-12-10-23(29)11-13-24)26(20-32)22-8-6-21(7-9-22)18-31-15-14-25(19-31)30(4)5/h6-13,25-26H,14-20H2,1-5H3/t25-,26+/m1/s1. The lowest BCUT2D eigenvalue weighted by Crippen LogP contribution is -2.53. The smallest absolute Gasteiger partial charge is 0.228 e. The topological polar surface area (TPSA) is 30.0 Å². The van der Waals surface area contributed by atoms with E-state index in [4.69, 9.17) is 11.6 Å².